The minimum absolute atomic E-state index is 0.101. The number of nitro benzene ring substituents is 1. The van der Waals surface area contributed by atoms with Crippen LogP contribution in [0.25, 0.3) is 0 Å². The van der Waals surface area contributed by atoms with Gasteiger partial charge in [-0.15, -0.1) is 0 Å². The van der Waals surface area contributed by atoms with Crippen LogP contribution in [0.15, 0.2) is 18.2 Å². The largest absolute Gasteiger partial charge is 0.380 e. The molecule has 92 valence electrons. The number of nitrogens with zero attached hydrogens (tertiary/aromatic N) is 1. The number of halogens is 1. The highest BCUT2D eigenvalue weighted by atomic mass is 19.1. The molecule has 0 aromatic heterocycles. The minimum Gasteiger partial charge on any atom is -0.380 e. The Hall–Kier alpha value is -1.69. The predicted octanol–water partition coefficient (Wildman–Crippen LogP) is 2.32. The maximum Gasteiger partial charge on any atom is 0.272 e. The molecule has 0 spiro atoms. The first-order valence-electron chi connectivity index (χ1n) is 5.46. The van der Waals surface area contributed by atoms with E-state index in [9.17, 15) is 14.5 Å². The lowest BCUT2D eigenvalue weighted by Gasteiger charge is -2.12. The van der Waals surface area contributed by atoms with Crippen LogP contribution in [0, 0.1) is 15.9 Å². The Morgan fingerprint density at radius 3 is 3.00 bits per heavy atom. The third kappa shape index (κ3) is 2.91. The summed E-state index contributed by atoms with van der Waals surface area (Å²) in [5.74, 6) is -0.614. The molecule has 1 atom stereocenters. The average molecular weight is 240 g/mol. The van der Waals surface area contributed by atoms with Crippen LogP contribution in [0.4, 0.5) is 15.8 Å². The summed E-state index contributed by atoms with van der Waals surface area (Å²) in [7, 11) is 0. The molecule has 1 unspecified atom stereocenters. The fourth-order valence-electron chi connectivity index (χ4n) is 1.79. The molecule has 0 saturated carbocycles. The summed E-state index contributed by atoms with van der Waals surface area (Å²) in [6, 6.07) is 3.57. The van der Waals surface area contributed by atoms with Crippen LogP contribution in [0.3, 0.4) is 0 Å². The molecule has 6 heteroatoms. The number of non-ortho nitro benzene ring substituents is 1. The van der Waals surface area contributed by atoms with Crippen molar-refractivity contribution >= 4 is 11.4 Å². The van der Waals surface area contributed by atoms with E-state index in [4.69, 9.17) is 4.74 Å². The Bertz CT molecular complexity index is 419. The highest BCUT2D eigenvalue weighted by Crippen LogP contribution is 2.21. The fourth-order valence-corrected chi connectivity index (χ4v) is 1.79. The summed E-state index contributed by atoms with van der Waals surface area (Å²) in [5.41, 5.74) is 0.0243. The van der Waals surface area contributed by atoms with E-state index < -0.39 is 10.7 Å². The molecule has 2 rings (SSSR count). The van der Waals surface area contributed by atoms with Crippen LogP contribution in [-0.4, -0.2) is 24.2 Å². The molecule has 1 aromatic rings. The second-order valence-electron chi connectivity index (χ2n) is 3.94. The molecule has 1 aliphatic heterocycles. The average Bonchev–Trinajstić information content (AvgIpc) is 2.80. The van der Waals surface area contributed by atoms with Gasteiger partial charge in [-0.2, -0.15) is 0 Å². The van der Waals surface area contributed by atoms with Crippen LogP contribution < -0.4 is 5.32 Å². The first-order chi connectivity index (χ1) is 8.16. The number of rotatable bonds is 4. The van der Waals surface area contributed by atoms with Gasteiger partial charge in [-0.3, -0.25) is 10.1 Å². The van der Waals surface area contributed by atoms with E-state index in [1.165, 1.54) is 12.1 Å². The molecule has 17 heavy (non-hydrogen) atoms. The molecule has 0 bridgehead atoms. The van der Waals surface area contributed by atoms with Crippen LogP contribution >= 0.6 is 0 Å². The van der Waals surface area contributed by atoms with Gasteiger partial charge in [0.1, 0.15) is 0 Å². The summed E-state index contributed by atoms with van der Waals surface area (Å²) in [6.45, 7) is 1.27. The fraction of sp³-hybridized carbons (Fsp3) is 0.455. The Labute approximate surface area is 97.7 Å². The zero-order chi connectivity index (χ0) is 12.3. The van der Waals surface area contributed by atoms with E-state index in [-0.39, 0.29) is 17.5 Å². The first kappa shape index (κ1) is 11.8. The van der Waals surface area contributed by atoms with E-state index in [2.05, 4.69) is 5.32 Å². The molecule has 0 amide bonds. The molecule has 1 fully saturated rings. The van der Waals surface area contributed by atoms with Gasteiger partial charge in [0.05, 0.1) is 22.8 Å². The van der Waals surface area contributed by atoms with Gasteiger partial charge in [-0.05, 0) is 18.9 Å². The van der Waals surface area contributed by atoms with Crippen LogP contribution in [0.1, 0.15) is 12.8 Å². The van der Waals surface area contributed by atoms with Crippen molar-refractivity contribution in [2.45, 2.75) is 18.9 Å². The van der Waals surface area contributed by atoms with Gasteiger partial charge in [0.15, 0.2) is 5.82 Å². The highest BCUT2D eigenvalue weighted by molar-refractivity contribution is 5.50. The third-order valence-corrected chi connectivity index (χ3v) is 2.71. The van der Waals surface area contributed by atoms with Gasteiger partial charge in [0.2, 0.25) is 0 Å². The van der Waals surface area contributed by atoms with Crippen LogP contribution in [0.2, 0.25) is 0 Å². The molecule has 1 aliphatic rings. The minimum atomic E-state index is -0.618. The van der Waals surface area contributed by atoms with Crippen LogP contribution in [-0.2, 0) is 4.74 Å². The maximum absolute atomic E-state index is 13.5. The molecule has 5 nitrogen and oxygen atoms in total. The molecule has 1 aromatic carbocycles. The Balaban J connectivity index is 1.98. The number of benzene rings is 1. The second-order valence-corrected chi connectivity index (χ2v) is 3.94. The second kappa shape index (κ2) is 5.09. The van der Waals surface area contributed by atoms with Crippen LogP contribution in [0.5, 0.6) is 0 Å². The molecule has 1 N–H and O–H groups in total. The van der Waals surface area contributed by atoms with E-state index in [1.54, 1.807) is 0 Å². The van der Waals surface area contributed by atoms with Crippen molar-refractivity contribution in [3.05, 3.63) is 34.1 Å². The van der Waals surface area contributed by atoms with Crippen molar-refractivity contribution < 1.29 is 14.1 Å². The molecule has 1 heterocycles. The zero-order valence-corrected chi connectivity index (χ0v) is 9.19. The van der Waals surface area contributed by atoms with E-state index in [0.717, 1.165) is 25.5 Å². The van der Waals surface area contributed by atoms with Crippen molar-refractivity contribution in [3.63, 3.8) is 0 Å². The van der Waals surface area contributed by atoms with Crippen molar-refractivity contribution in [1.29, 1.82) is 0 Å². The number of hydrogen-bond acceptors (Lipinski definition) is 4. The zero-order valence-electron chi connectivity index (χ0n) is 9.19. The molecule has 0 aliphatic carbocycles. The smallest absolute Gasteiger partial charge is 0.272 e. The highest BCUT2D eigenvalue weighted by Gasteiger charge is 2.16. The number of nitrogens with one attached hydrogen (secondary N) is 1. The van der Waals surface area contributed by atoms with Gasteiger partial charge in [-0.1, -0.05) is 0 Å². The molecule has 0 radical (unpaired) electrons. The monoisotopic (exact) mass is 240 g/mol. The van der Waals surface area contributed by atoms with Crippen molar-refractivity contribution in [3.8, 4) is 0 Å². The van der Waals surface area contributed by atoms with Crippen molar-refractivity contribution in [2.75, 3.05) is 18.5 Å². The standard InChI is InChI=1S/C11H13FN2O3/c12-10-6-8(14(15)16)3-4-11(10)13-7-9-2-1-5-17-9/h3-4,6,9,13H,1-2,5,7H2. The summed E-state index contributed by atoms with van der Waals surface area (Å²) < 4.78 is 18.9. The maximum atomic E-state index is 13.5. The Kier molecular flexibility index (Phi) is 3.53. The van der Waals surface area contributed by atoms with E-state index in [0.29, 0.717) is 6.54 Å². The third-order valence-electron chi connectivity index (χ3n) is 2.71. The van der Waals surface area contributed by atoms with Gasteiger partial charge in [-0.25, -0.2) is 4.39 Å². The van der Waals surface area contributed by atoms with Gasteiger partial charge < -0.3 is 10.1 Å². The summed E-state index contributed by atoms with van der Waals surface area (Å²) in [6.07, 6.45) is 2.08. The predicted molar refractivity (Wildman–Crippen MR) is 60.5 cm³/mol. The lowest BCUT2D eigenvalue weighted by atomic mass is 10.2. The number of ether oxygens (including phenoxy) is 1. The lowest BCUT2D eigenvalue weighted by Crippen LogP contribution is -2.18. The molecular weight excluding hydrogens is 227 g/mol. The molecule has 1 saturated heterocycles. The topological polar surface area (TPSA) is 64.4 Å². The normalized spacial score (nSPS) is 19.2. The summed E-state index contributed by atoms with van der Waals surface area (Å²) >= 11 is 0. The summed E-state index contributed by atoms with van der Waals surface area (Å²) in [5, 5.41) is 13.3. The van der Waals surface area contributed by atoms with Gasteiger partial charge in [0.25, 0.3) is 5.69 Å². The SMILES string of the molecule is O=[N+]([O-])c1ccc(NCC2CCCO2)c(F)c1. The number of nitro groups is 1. The lowest BCUT2D eigenvalue weighted by molar-refractivity contribution is -0.385. The first-order valence-corrected chi connectivity index (χ1v) is 5.46. The van der Waals surface area contributed by atoms with Crippen molar-refractivity contribution in [1.82, 2.24) is 0 Å². The quantitative estimate of drug-likeness (QED) is 0.648. The van der Waals surface area contributed by atoms with Gasteiger partial charge >= 0.3 is 0 Å². The Morgan fingerprint density at radius 1 is 1.59 bits per heavy atom. The Morgan fingerprint density at radius 2 is 2.41 bits per heavy atom. The summed E-state index contributed by atoms with van der Waals surface area (Å²) in [4.78, 5) is 9.81. The number of hydrogen-bond donors (Lipinski definition) is 1. The van der Waals surface area contributed by atoms with E-state index in [1.807, 2.05) is 0 Å². The van der Waals surface area contributed by atoms with E-state index >= 15 is 0 Å². The van der Waals surface area contributed by atoms with Crippen molar-refractivity contribution in [2.24, 2.45) is 0 Å². The molecular formula is C11H13FN2O3. The number of anilines is 1. The van der Waals surface area contributed by atoms with Gasteiger partial charge in [0, 0.05) is 19.2 Å².